The maximum absolute atomic E-state index is 13.0. The third-order valence-electron chi connectivity index (χ3n) is 5.66. The molecule has 0 aromatic heterocycles. The minimum Gasteiger partial charge on any atom is -0.497 e. The van der Waals surface area contributed by atoms with Crippen LogP contribution < -0.4 is 25.0 Å². The Balaban J connectivity index is 1.46. The van der Waals surface area contributed by atoms with E-state index in [0.29, 0.717) is 34.1 Å². The topological polar surface area (TPSA) is 97.0 Å². The Kier molecular flexibility index (Phi) is 6.77. The second kappa shape index (κ2) is 10.1. The van der Waals surface area contributed by atoms with Crippen molar-refractivity contribution in [2.24, 2.45) is 5.92 Å². The van der Waals surface area contributed by atoms with Gasteiger partial charge in [0.25, 0.3) is 5.91 Å². The first-order valence-electron chi connectivity index (χ1n) is 10.8. The summed E-state index contributed by atoms with van der Waals surface area (Å²) in [6.45, 7) is 0.257. The standard InChI is InChI=1S/C26H25N3O5/c1-33-19-13-11-18(12-14-19)29-16-17(15-24(29)30)25(31)27-21-8-4-3-7-20(21)26(32)28-22-9-5-6-10-23(22)34-2/h3-14,17H,15-16H2,1-2H3,(H,27,31)(H,28,32)/t17-/m0/s1. The number of ether oxygens (including phenoxy) is 2. The Hall–Kier alpha value is -4.33. The first-order chi connectivity index (χ1) is 16.5. The lowest BCUT2D eigenvalue weighted by Gasteiger charge is -2.17. The number of benzene rings is 3. The van der Waals surface area contributed by atoms with Gasteiger partial charge in [-0.2, -0.15) is 0 Å². The van der Waals surface area contributed by atoms with Crippen LogP contribution in [0.5, 0.6) is 11.5 Å². The predicted octanol–water partition coefficient (Wildman–Crippen LogP) is 3.95. The molecule has 1 aliphatic heterocycles. The maximum atomic E-state index is 13.0. The highest BCUT2D eigenvalue weighted by molar-refractivity contribution is 6.11. The van der Waals surface area contributed by atoms with Gasteiger partial charge in [0.1, 0.15) is 11.5 Å². The largest absolute Gasteiger partial charge is 0.497 e. The summed E-state index contributed by atoms with van der Waals surface area (Å²) in [7, 11) is 3.10. The summed E-state index contributed by atoms with van der Waals surface area (Å²) in [4.78, 5) is 40.1. The van der Waals surface area contributed by atoms with Gasteiger partial charge in [-0.25, -0.2) is 0 Å². The Morgan fingerprint density at radius 3 is 2.24 bits per heavy atom. The maximum Gasteiger partial charge on any atom is 0.257 e. The summed E-state index contributed by atoms with van der Waals surface area (Å²) in [6, 6.07) is 20.9. The zero-order valence-electron chi connectivity index (χ0n) is 18.9. The van der Waals surface area contributed by atoms with Crippen LogP contribution in [0.3, 0.4) is 0 Å². The van der Waals surface area contributed by atoms with Crippen LogP contribution in [0.15, 0.2) is 72.8 Å². The number of methoxy groups -OCH3 is 2. The molecular weight excluding hydrogens is 434 g/mol. The van der Waals surface area contributed by atoms with E-state index >= 15 is 0 Å². The van der Waals surface area contributed by atoms with E-state index < -0.39 is 5.92 Å². The molecule has 0 radical (unpaired) electrons. The molecule has 34 heavy (non-hydrogen) atoms. The fourth-order valence-corrected chi connectivity index (χ4v) is 3.86. The molecule has 0 bridgehead atoms. The van der Waals surface area contributed by atoms with Crippen LogP contribution in [-0.2, 0) is 9.59 Å². The molecule has 1 atom stereocenters. The van der Waals surface area contributed by atoms with Crippen molar-refractivity contribution in [3.8, 4) is 11.5 Å². The van der Waals surface area contributed by atoms with Gasteiger partial charge in [-0.1, -0.05) is 24.3 Å². The molecule has 0 aliphatic carbocycles. The first kappa shape index (κ1) is 22.8. The molecule has 3 aromatic rings. The zero-order chi connectivity index (χ0) is 24.1. The fourth-order valence-electron chi connectivity index (χ4n) is 3.86. The van der Waals surface area contributed by atoms with Gasteiger partial charge in [0.05, 0.1) is 37.1 Å². The number of nitrogens with one attached hydrogen (secondary N) is 2. The predicted molar refractivity (Wildman–Crippen MR) is 129 cm³/mol. The molecule has 0 unspecified atom stereocenters. The van der Waals surface area contributed by atoms with Crippen LogP contribution in [-0.4, -0.2) is 38.5 Å². The van der Waals surface area contributed by atoms with Gasteiger partial charge in [-0.15, -0.1) is 0 Å². The van der Waals surface area contributed by atoms with E-state index in [0.717, 1.165) is 0 Å². The van der Waals surface area contributed by atoms with E-state index in [-0.39, 0.29) is 30.7 Å². The van der Waals surface area contributed by atoms with E-state index in [2.05, 4.69) is 10.6 Å². The van der Waals surface area contributed by atoms with Gasteiger partial charge in [-0.3, -0.25) is 14.4 Å². The molecule has 1 aliphatic rings. The summed E-state index contributed by atoms with van der Waals surface area (Å²) < 4.78 is 10.4. The second-order valence-corrected chi connectivity index (χ2v) is 7.79. The Labute approximate surface area is 197 Å². The van der Waals surface area contributed by atoms with Crippen LogP contribution >= 0.6 is 0 Å². The lowest BCUT2D eigenvalue weighted by Crippen LogP contribution is -2.28. The highest BCUT2D eigenvalue weighted by atomic mass is 16.5. The second-order valence-electron chi connectivity index (χ2n) is 7.79. The van der Waals surface area contributed by atoms with Crippen molar-refractivity contribution < 1.29 is 23.9 Å². The molecule has 3 aromatic carbocycles. The third kappa shape index (κ3) is 4.85. The molecule has 0 spiro atoms. The SMILES string of the molecule is COc1ccc(N2C[C@@H](C(=O)Nc3ccccc3C(=O)Nc3ccccc3OC)CC2=O)cc1. The van der Waals surface area contributed by atoms with Crippen molar-refractivity contribution in [2.45, 2.75) is 6.42 Å². The van der Waals surface area contributed by atoms with Gasteiger partial charge >= 0.3 is 0 Å². The minimum absolute atomic E-state index is 0.0907. The monoisotopic (exact) mass is 459 g/mol. The molecule has 1 fully saturated rings. The Morgan fingerprint density at radius 1 is 0.853 bits per heavy atom. The average Bonchev–Trinajstić information content (AvgIpc) is 3.26. The van der Waals surface area contributed by atoms with Crippen LogP contribution in [0.1, 0.15) is 16.8 Å². The number of hydrogen-bond acceptors (Lipinski definition) is 5. The summed E-state index contributed by atoms with van der Waals surface area (Å²) in [5, 5.41) is 5.65. The lowest BCUT2D eigenvalue weighted by atomic mass is 10.1. The van der Waals surface area contributed by atoms with Crippen molar-refractivity contribution in [1.82, 2.24) is 0 Å². The van der Waals surface area contributed by atoms with E-state index in [1.807, 2.05) is 0 Å². The van der Waals surface area contributed by atoms with Crippen LogP contribution in [0.4, 0.5) is 17.1 Å². The molecule has 1 heterocycles. The molecule has 0 saturated carbocycles. The van der Waals surface area contributed by atoms with Crippen molar-refractivity contribution in [3.05, 3.63) is 78.4 Å². The number of hydrogen-bond donors (Lipinski definition) is 2. The first-order valence-corrected chi connectivity index (χ1v) is 10.8. The third-order valence-corrected chi connectivity index (χ3v) is 5.66. The van der Waals surface area contributed by atoms with Gasteiger partial charge in [0.15, 0.2) is 0 Å². The smallest absolute Gasteiger partial charge is 0.257 e. The highest BCUT2D eigenvalue weighted by Crippen LogP contribution is 2.29. The molecule has 4 rings (SSSR count). The van der Waals surface area contributed by atoms with Gasteiger partial charge in [0, 0.05) is 18.7 Å². The number of amides is 3. The number of carbonyl (C=O) groups is 3. The summed E-state index contributed by atoms with van der Waals surface area (Å²) in [6.07, 6.45) is 0.0907. The van der Waals surface area contributed by atoms with Crippen LogP contribution in [0.25, 0.3) is 0 Å². The van der Waals surface area contributed by atoms with Crippen molar-refractivity contribution in [1.29, 1.82) is 0 Å². The molecule has 174 valence electrons. The summed E-state index contributed by atoms with van der Waals surface area (Å²) in [5.74, 6) is -0.162. The van der Waals surface area contributed by atoms with Gasteiger partial charge in [-0.05, 0) is 48.5 Å². The zero-order valence-corrected chi connectivity index (χ0v) is 18.9. The number of nitrogens with zero attached hydrogens (tertiary/aromatic N) is 1. The number of carbonyl (C=O) groups excluding carboxylic acids is 3. The number of anilines is 3. The van der Waals surface area contributed by atoms with Crippen LogP contribution in [0, 0.1) is 5.92 Å². The fraction of sp³-hybridized carbons (Fsp3) is 0.192. The summed E-state index contributed by atoms with van der Waals surface area (Å²) >= 11 is 0. The molecular formula is C26H25N3O5. The normalized spacial score (nSPS) is 15.1. The Morgan fingerprint density at radius 2 is 1.53 bits per heavy atom. The number of para-hydroxylation sites is 3. The van der Waals surface area contributed by atoms with Crippen LogP contribution in [0.2, 0.25) is 0 Å². The van der Waals surface area contributed by atoms with Gasteiger partial charge in [0.2, 0.25) is 11.8 Å². The van der Waals surface area contributed by atoms with Gasteiger partial charge < -0.3 is 25.0 Å². The Bertz CT molecular complexity index is 1210. The van der Waals surface area contributed by atoms with E-state index in [9.17, 15) is 14.4 Å². The van der Waals surface area contributed by atoms with E-state index in [4.69, 9.17) is 9.47 Å². The quantitative estimate of drug-likeness (QED) is 0.558. The molecule has 1 saturated heterocycles. The average molecular weight is 460 g/mol. The minimum atomic E-state index is -0.542. The van der Waals surface area contributed by atoms with Crippen molar-refractivity contribution >= 4 is 34.8 Å². The van der Waals surface area contributed by atoms with Crippen molar-refractivity contribution in [2.75, 3.05) is 36.3 Å². The number of rotatable bonds is 7. The summed E-state index contributed by atoms with van der Waals surface area (Å²) in [5.41, 5.74) is 1.90. The van der Waals surface area contributed by atoms with Crippen molar-refractivity contribution in [3.63, 3.8) is 0 Å². The molecule has 3 amide bonds. The van der Waals surface area contributed by atoms with E-state index in [1.54, 1.807) is 84.8 Å². The highest BCUT2D eigenvalue weighted by Gasteiger charge is 2.35. The lowest BCUT2D eigenvalue weighted by molar-refractivity contribution is -0.122. The molecule has 2 N–H and O–H groups in total. The molecule has 8 heteroatoms. The molecule has 8 nitrogen and oxygen atoms in total. The van der Waals surface area contributed by atoms with E-state index in [1.165, 1.54) is 7.11 Å².